The molecule has 100 valence electrons. The van der Waals surface area contributed by atoms with Crippen molar-refractivity contribution in [2.45, 2.75) is 19.8 Å². The lowest BCUT2D eigenvalue weighted by Crippen LogP contribution is -2.22. The summed E-state index contributed by atoms with van der Waals surface area (Å²) in [4.78, 5) is 12.5. The van der Waals surface area contributed by atoms with Gasteiger partial charge in [-0.25, -0.2) is 0 Å². The molecular weight excluding hydrogens is 314 g/mol. The third-order valence-corrected chi connectivity index (χ3v) is 4.07. The van der Waals surface area contributed by atoms with Crippen LogP contribution in [0, 0.1) is 5.92 Å². The molecule has 3 nitrogen and oxygen atoms in total. The summed E-state index contributed by atoms with van der Waals surface area (Å²) in [6, 6.07) is 3.92. The van der Waals surface area contributed by atoms with Crippen molar-refractivity contribution < 1.29 is 9.90 Å². The molecule has 0 bridgehead atoms. The van der Waals surface area contributed by atoms with E-state index in [0.717, 1.165) is 21.5 Å². The Balaban J connectivity index is 2.19. The molecular formula is C13H18BrNO2S. The van der Waals surface area contributed by atoms with Crippen molar-refractivity contribution in [3.8, 4) is 0 Å². The van der Waals surface area contributed by atoms with E-state index in [-0.39, 0.29) is 12.5 Å². The number of halogens is 1. The summed E-state index contributed by atoms with van der Waals surface area (Å²) in [7, 11) is 0. The maximum absolute atomic E-state index is 11.5. The molecule has 0 radical (unpaired) electrons. The zero-order chi connectivity index (χ0) is 13.4. The standard InChI is InChI=1S/C13H18BrNO2S/c1-10(9-16)3-2-8-15-13(17)7-5-11-4-6-12(14)18-11/h4-7,10,16H,2-3,8-9H2,1H3,(H,15,17)/b7-5+. The Hall–Kier alpha value is -0.650. The fourth-order valence-electron chi connectivity index (χ4n) is 1.39. The van der Waals surface area contributed by atoms with Gasteiger partial charge >= 0.3 is 0 Å². The highest BCUT2D eigenvalue weighted by Gasteiger charge is 2.00. The number of hydrogen-bond donors (Lipinski definition) is 2. The summed E-state index contributed by atoms with van der Waals surface area (Å²) in [5.74, 6) is 0.233. The first kappa shape index (κ1) is 15.4. The molecule has 1 heterocycles. The Morgan fingerprint density at radius 1 is 1.61 bits per heavy atom. The number of aliphatic hydroxyl groups is 1. The predicted octanol–water partition coefficient (Wildman–Crippen LogP) is 3.05. The van der Waals surface area contributed by atoms with Gasteiger partial charge in [0.05, 0.1) is 3.79 Å². The maximum Gasteiger partial charge on any atom is 0.244 e. The molecule has 1 aromatic heterocycles. The number of carbonyl (C=O) groups is 1. The Bertz CT molecular complexity index is 403. The molecule has 0 aliphatic heterocycles. The van der Waals surface area contributed by atoms with E-state index in [2.05, 4.69) is 21.2 Å². The van der Waals surface area contributed by atoms with Crippen LogP contribution in [-0.4, -0.2) is 24.2 Å². The van der Waals surface area contributed by atoms with Crippen molar-refractivity contribution in [2.75, 3.05) is 13.2 Å². The van der Waals surface area contributed by atoms with Gasteiger partial charge in [-0.05, 0) is 52.9 Å². The quantitative estimate of drug-likeness (QED) is 0.596. The molecule has 1 aromatic rings. The molecule has 0 aromatic carbocycles. The number of amides is 1. The van der Waals surface area contributed by atoms with Gasteiger partial charge in [0.25, 0.3) is 0 Å². The van der Waals surface area contributed by atoms with Gasteiger partial charge in [-0.3, -0.25) is 4.79 Å². The van der Waals surface area contributed by atoms with E-state index in [1.165, 1.54) is 0 Å². The normalized spacial score (nSPS) is 12.8. The minimum Gasteiger partial charge on any atom is -0.396 e. The van der Waals surface area contributed by atoms with E-state index in [4.69, 9.17) is 5.11 Å². The molecule has 0 fully saturated rings. The Labute approximate surface area is 120 Å². The molecule has 1 amide bonds. The van der Waals surface area contributed by atoms with Crippen LogP contribution in [-0.2, 0) is 4.79 Å². The molecule has 1 rings (SSSR count). The number of nitrogens with one attached hydrogen (secondary N) is 1. The van der Waals surface area contributed by atoms with Gasteiger partial charge in [0.15, 0.2) is 0 Å². The molecule has 5 heteroatoms. The van der Waals surface area contributed by atoms with Crippen LogP contribution in [0.15, 0.2) is 22.0 Å². The average molecular weight is 332 g/mol. The summed E-state index contributed by atoms with van der Waals surface area (Å²) in [6.45, 7) is 2.86. The molecule has 2 N–H and O–H groups in total. The lowest BCUT2D eigenvalue weighted by Gasteiger charge is -2.07. The van der Waals surface area contributed by atoms with Crippen molar-refractivity contribution in [3.05, 3.63) is 26.9 Å². The first-order valence-electron chi connectivity index (χ1n) is 5.94. The number of rotatable bonds is 7. The molecule has 0 saturated carbocycles. The van der Waals surface area contributed by atoms with Crippen molar-refractivity contribution in [3.63, 3.8) is 0 Å². The second kappa shape index (κ2) is 8.45. The van der Waals surface area contributed by atoms with E-state index in [9.17, 15) is 4.79 Å². The van der Waals surface area contributed by atoms with Gasteiger partial charge in [-0.15, -0.1) is 11.3 Å². The van der Waals surface area contributed by atoms with Gasteiger partial charge in [-0.1, -0.05) is 6.92 Å². The van der Waals surface area contributed by atoms with Crippen LogP contribution in [0.25, 0.3) is 6.08 Å². The zero-order valence-corrected chi connectivity index (χ0v) is 12.8. The first-order valence-corrected chi connectivity index (χ1v) is 7.55. The van der Waals surface area contributed by atoms with Gasteiger partial charge in [0.1, 0.15) is 0 Å². The maximum atomic E-state index is 11.5. The summed E-state index contributed by atoms with van der Waals surface area (Å²) >= 11 is 4.96. The molecule has 0 saturated heterocycles. The van der Waals surface area contributed by atoms with Crippen LogP contribution >= 0.6 is 27.3 Å². The monoisotopic (exact) mass is 331 g/mol. The van der Waals surface area contributed by atoms with E-state index in [1.54, 1.807) is 23.5 Å². The van der Waals surface area contributed by atoms with Crippen LogP contribution in [0.5, 0.6) is 0 Å². The smallest absolute Gasteiger partial charge is 0.244 e. The number of hydrogen-bond acceptors (Lipinski definition) is 3. The van der Waals surface area contributed by atoms with Crippen molar-refractivity contribution in [2.24, 2.45) is 5.92 Å². The predicted molar refractivity (Wildman–Crippen MR) is 79.5 cm³/mol. The topological polar surface area (TPSA) is 49.3 Å². The summed E-state index contributed by atoms with van der Waals surface area (Å²) in [5, 5.41) is 11.7. The Kier molecular flexibility index (Phi) is 7.23. The molecule has 0 aliphatic rings. The average Bonchev–Trinajstić information content (AvgIpc) is 2.77. The number of thiophene rings is 1. The van der Waals surface area contributed by atoms with Gasteiger partial charge < -0.3 is 10.4 Å². The first-order chi connectivity index (χ1) is 8.61. The lowest BCUT2D eigenvalue weighted by atomic mass is 10.1. The van der Waals surface area contributed by atoms with Crippen molar-refractivity contribution >= 4 is 39.2 Å². The molecule has 0 spiro atoms. The summed E-state index contributed by atoms with van der Waals surface area (Å²) in [5.41, 5.74) is 0. The lowest BCUT2D eigenvalue weighted by molar-refractivity contribution is -0.116. The van der Waals surface area contributed by atoms with Crippen LogP contribution < -0.4 is 5.32 Å². The summed E-state index contributed by atoms with van der Waals surface area (Å²) < 4.78 is 1.06. The molecule has 18 heavy (non-hydrogen) atoms. The highest BCUT2D eigenvalue weighted by atomic mass is 79.9. The Morgan fingerprint density at radius 3 is 3.00 bits per heavy atom. The van der Waals surface area contributed by atoms with E-state index in [0.29, 0.717) is 12.5 Å². The third-order valence-electron chi connectivity index (χ3n) is 2.48. The second-order valence-corrected chi connectivity index (χ2v) is 6.69. The minimum absolute atomic E-state index is 0.0730. The van der Waals surface area contributed by atoms with Crippen LogP contribution in [0.3, 0.4) is 0 Å². The summed E-state index contributed by atoms with van der Waals surface area (Å²) in [6.07, 6.45) is 5.18. The zero-order valence-electron chi connectivity index (χ0n) is 10.4. The van der Waals surface area contributed by atoms with Crippen LogP contribution in [0.1, 0.15) is 24.6 Å². The van der Waals surface area contributed by atoms with E-state index < -0.39 is 0 Å². The Morgan fingerprint density at radius 2 is 2.39 bits per heavy atom. The molecule has 1 unspecified atom stereocenters. The molecule has 0 aliphatic carbocycles. The van der Waals surface area contributed by atoms with Crippen LogP contribution in [0.2, 0.25) is 0 Å². The van der Waals surface area contributed by atoms with E-state index in [1.807, 2.05) is 19.1 Å². The van der Waals surface area contributed by atoms with Gasteiger partial charge in [0.2, 0.25) is 5.91 Å². The highest BCUT2D eigenvalue weighted by Crippen LogP contribution is 2.22. The highest BCUT2D eigenvalue weighted by molar-refractivity contribution is 9.11. The fraction of sp³-hybridized carbons (Fsp3) is 0.462. The largest absolute Gasteiger partial charge is 0.396 e. The number of aliphatic hydroxyl groups excluding tert-OH is 1. The van der Waals surface area contributed by atoms with E-state index >= 15 is 0 Å². The van der Waals surface area contributed by atoms with Gasteiger partial charge in [0, 0.05) is 24.1 Å². The van der Waals surface area contributed by atoms with Crippen molar-refractivity contribution in [1.82, 2.24) is 5.32 Å². The minimum atomic E-state index is -0.0730. The SMILES string of the molecule is CC(CO)CCCNC(=O)/C=C/c1ccc(Br)s1. The van der Waals surface area contributed by atoms with Crippen LogP contribution in [0.4, 0.5) is 0 Å². The molecule has 1 atom stereocenters. The van der Waals surface area contributed by atoms with Gasteiger partial charge in [-0.2, -0.15) is 0 Å². The van der Waals surface area contributed by atoms with Crippen molar-refractivity contribution in [1.29, 1.82) is 0 Å². The fourth-order valence-corrected chi connectivity index (χ4v) is 2.71. The number of carbonyl (C=O) groups excluding carboxylic acids is 1. The second-order valence-electron chi connectivity index (χ2n) is 4.20. The third kappa shape index (κ3) is 6.33.